The van der Waals surface area contributed by atoms with Gasteiger partial charge in [0, 0.05) is 7.26 Å². The van der Waals surface area contributed by atoms with Gasteiger partial charge in [-0.1, -0.05) is 53.4 Å². The van der Waals surface area contributed by atoms with Crippen LogP contribution in [0.3, 0.4) is 0 Å². The third-order valence-electron chi connectivity index (χ3n) is 4.08. The zero-order valence-electron chi connectivity index (χ0n) is 17.3. The van der Waals surface area contributed by atoms with Crippen LogP contribution in [0.1, 0.15) is 85.5 Å². The average molecular weight is 602 g/mol. The van der Waals surface area contributed by atoms with E-state index in [9.17, 15) is 0 Å². The van der Waals surface area contributed by atoms with Crippen molar-refractivity contribution in [1.29, 1.82) is 0 Å². The number of hydrogen-bond donors (Lipinski definition) is 0. The van der Waals surface area contributed by atoms with E-state index < -0.39 is 7.26 Å². The highest BCUT2D eigenvalue weighted by Crippen LogP contribution is 2.60. The Morgan fingerprint density at radius 1 is 0.333 bits per heavy atom. The van der Waals surface area contributed by atoms with Crippen molar-refractivity contribution in [2.45, 2.75) is 85.5 Å². The smallest absolute Gasteiger partial charge is 0.0594 e. The summed E-state index contributed by atoms with van der Waals surface area (Å²) in [5.74, 6) is 0. The molecule has 0 nitrogen and oxygen atoms in total. The van der Waals surface area contributed by atoms with Crippen LogP contribution in [-0.4, -0.2) is 24.6 Å². The molecule has 0 fully saturated rings. The largest absolute Gasteiger partial charge is 0.147 e. The lowest BCUT2D eigenvalue weighted by Crippen LogP contribution is -2.11. The summed E-state index contributed by atoms with van der Waals surface area (Å²) in [6.07, 6.45) is 19.4. The molecule has 0 aromatic heterocycles. The van der Waals surface area contributed by atoms with Gasteiger partial charge in [-0.25, -0.2) is 0 Å². The van der Waals surface area contributed by atoms with E-state index in [0.717, 1.165) is 0 Å². The Hall–Kier alpha value is 3.04. The van der Waals surface area contributed by atoms with Crippen LogP contribution >= 0.6 is 119 Å². The zero-order chi connectivity index (χ0) is 13.7. The summed E-state index contributed by atoms with van der Waals surface area (Å²) in [6.45, 7) is 9.48. The van der Waals surface area contributed by atoms with Crippen molar-refractivity contribution in [3.8, 4) is 0 Å². The van der Waals surface area contributed by atoms with Crippen molar-refractivity contribution in [2.75, 3.05) is 24.6 Å². The van der Waals surface area contributed by atoms with Gasteiger partial charge in [-0.15, -0.1) is 112 Å². The predicted molar refractivity (Wildman–Crippen MR) is 156 cm³/mol. The third-order valence-corrected chi connectivity index (χ3v) is 9.53. The molecule has 0 saturated carbocycles. The molecule has 0 aliphatic rings. The number of unbranched alkanes of at least 4 members (excludes halogenated alkanes) is 5. The van der Waals surface area contributed by atoms with E-state index in [0.29, 0.717) is 0 Å². The SMILES string of the molecule is CCCCCCCC[P+](CCC)(CCC)CCC.Cl.Cl.Cl.Cl.Cl.Cl.Cl.Cl.Cl. The van der Waals surface area contributed by atoms with Crippen LogP contribution in [0.2, 0.25) is 0 Å². The lowest BCUT2D eigenvalue weighted by molar-refractivity contribution is 0.625. The van der Waals surface area contributed by atoms with Crippen LogP contribution in [0.15, 0.2) is 0 Å². The molecule has 0 atom stereocenters. The quantitative estimate of drug-likeness (QED) is 0.146. The first-order valence-electron chi connectivity index (χ1n) is 8.59. The summed E-state index contributed by atoms with van der Waals surface area (Å²) in [5, 5.41) is 0. The van der Waals surface area contributed by atoms with E-state index in [1.54, 1.807) is 24.6 Å². The third kappa shape index (κ3) is 36.7. The lowest BCUT2D eigenvalue weighted by Gasteiger charge is -2.27. The summed E-state index contributed by atoms with van der Waals surface area (Å²) in [6, 6.07) is 0. The Morgan fingerprint density at radius 2 is 0.630 bits per heavy atom. The van der Waals surface area contributed by atoms with Crippen LogP contribution in [-0.2, 0) is 0 Å². The molecule has 0 unspecified atom stereocenters. The van der Waals surface area contributed by atoms with Gasteiger partial charge in [-0.3, -0.25) is 0 Å². The molecular weight excluding hydrogens is 554 g/mol. The Kier molecular flexibility index (Phi) is 110. The van der Waals surface area contributed by atoms with Crippen LogP contribution < -0.4 is 0 Å². The molecule has 0 N–H and O–H groups in total. The van der Waals surface area contributed by atoms with Crippen molar-refractivity contribution in [1.82, 2.24) is 0 Å². The molecular formula is C17H47Cl9P+. The fourth-order valence-electron chi connectivity index (χ4n) is 3.32. The Labute approximate surface area is 227 Å². The second-order valence-corrected chi connectivity index (χ2v) is 10.5. The molecule has 0 aliphatic heterocycles. The summed E-state index contributed by atoms with van der Waals surface area (Å²) >= 11 is 0. The van der Waals surface area contributed by atoms with E-state index in [1.165, 1.54) is 57.8 Å². The highest BCUT2D eigenvalue weighted by atomic mass is 35.5. The second-order valence-electron chi connectivity index (χ2n) is 6.00. The van der Waals surface area contributed by atoms with Gasteiger partial charge in [0.05, 0.1) is 24.6 Å². The van der Waals surface area contributed by atoms with E-state index in [4.69, 9.17) is 0 Å². The van der Waals surface area contributed by atoms with Crippen LogP contribution in [0.25, 0.3) is 0 Å². The van der Waals surface area contributed by atoms with Crippen LogP contribution in [0, 0.1) is 0 Å². The molecule has 0 aliphatic carbocycles. The summed E-state index contributed by atoms with van der Waals surface area (Å²) in [5.41, 5.74) is 0. The molecule has 10 heteroatoms. The van der Waals surface area contributed by atoms with Crippen molar-refractivity contribution in [3.05, 3.63) is 0 Å². The van der Waals surface area contributed by atoms with Crippen LogP contribution in [0.5, 0.6) is 0 Å². The first kappa shape index (κ1) is 63.1. The molecule has 0 spiro atoms. The Morgan fingerprint density at radius 3 is 0.926 bits per heavy atom. The minimum Gasteiger partial charge on any atom is -0.147 e. The van der Waals surface area contributed by atoms with Crippen LogP contribution in [0.4, 0.5) is 0 Å². The van der Waals surface area contributed by atoms with E-state index in [-0.39, 0.29) is 112 Å². The first-order valence-corrected chi connectivity index (χ1v) is 11.1. The molecule has 0 saturated heterocycles. The van der Waals surface area contributed by atoms with Crippen molar-refractivity contribution < 1.29 is 0 Å². The van der Waals surface area contributed by atoms with Gasteiger partial charge in [-0.05, 0) is 32.1 Å². The van der Waals surface area contributed by atoms with Crippen molar-refractivity contribution in [2.24, 2.45) is 0 Å². The van der Waals surface area contributed by atoms with Crippen molar-refractivity contribution >= 4 is 119 Å². The van der Waals surface area contributed by atoms with Gasteiger partial charge in [0.25, 0.3) is 0 Å². The standard InChI is InChI=1S/C17H38P.9ClH/c1-5-9-10-11-12-13-17-18(14-6-2,15-7-3)16-8-4;;;;;;;;;/h5-17H2,1-4H3;9*1H/q+1;;;;;;;;;. The maximum Gasteiger partial charge on any atom is 0.0594 e. The second kappa shape index (κ2) is 47.0. The molecule has 27 heavy (non-hydrogen) atoms. The lowest BCUT2D eigenvalue weighted by atomic mass is 10.1. The maximum atomic E-state index is 2.39. The van der Waals surface area contributed by atoms with Gasteiger partial charge < -0.3 is 0 Å². The highest BCUT2D eigenvalue weighted by molar-refractivity contribution is 7.75. The minimum absolute atomic E-state index is 0. The molecule has 0 rings (SSSR count). The molecule has 0 aromatic carbocycles. The molecule has 0 bridgehead atoms. The van der Waals surface area contributed by atoms with E-state index >= 15 is 0 Å². The number of rotatable bonds is 13. The normalized spacial score (nSPS) is 8.00. The number of halogens is 9. The molecule has 182 valence electrons. The van der Waals surface area contributed by atoms with Gasteiger partial charge in [0.1, 0.15) is 0 Å². The Balaban J connectivity index is -0.0000000401. The fraction of sp³-hybridized carbons (Fsp3) is 1.00. The van der Waals surface area contributed by atoms with E-state index in [1.807, 2.05) is 0 Å². The first-order chi connectivity index (χ1) is 8.74. The van der Waals surface area contributed by atoms with Gasteiger partial charge in [0.2, 0.25) is 0 Å². The topological polar surface area (TPSA) is 0 Å². The zero-order valence-corrected chi connectivity index (χ0v) is 25.6. The molecule has 0 amide bonds. The van der Waals surface area contributed by atoms with Crippen molar-refractivity contribution in [3.63, 3.8) is 0 Å². The summed E-state index contributed by atoms with van der Waals surface area (Å²) in [7, 11) is -0.552. The average Bonchev–Trinajstić information content (AvgIpc) is 2.35. The number of hydrogen-bond acceptors (Lipinski definition) is 0. The fourth-order valence-corrected chi connectivity index (χ4v) is 8.40. The maximum absolute atomic E-state index is 2.39. The highest BCUT2D eigenvalue weighted by Gasteiger charge is 2.33. The Bertz CT molecular complexity index is 173. The van der Waals surface area contributed by atoms with E-state index in [2.05, 4.69) is 27.7 Å². The summed E-state index contributed by atoms with van der Waals surface area (Å²) < 4.78 is 0. The summed E-state index contributed by atoms with van der Waals surface area (Å²) in [4.78, 5) is 0. The minimum atomic E-state index is -0.552. The van der Waals surface area contributed by atoms with Gasteiger partial charge in [-0.2, -0.15) is 0 Å². The molecule has 0 radical (unpaired) electrons. The molecule has 0 aromatic rings. The van der Waals surface area contributed by atoms with Gasteiger partial charge >= 0.3 is 0 Å². The monoisotopic (exact) mass is 597 g/mol. The predicted octanol–water partition coefficient (Wildman–Crippen LogP) is 10.4. The van der Waals surface area contributed by atoms with Gasteiger partial charge in [0.15, 0.2) is 0 Å². The molecule has 0 heterocycles.